The lowest BCUT2D eigenvalue weighted by Gasteiger charge is -2.09. The summed E-state index contributed by atoms with van der Waals surface area (Å²) in [7, 11) is -3.85. The number of para-hydroxylation sites is 1. The number of carbonyl (C=O) groups is 2. The summed E-state index contributed by atoms with van der Waals surface area (Å²) in [5.74, 6) is -1.04. The number of nitrogens with one attached hydrogen (secondary N) is 3. The van der Waals surface area contributed by atoms with Crippen molar-refractivity contribution >= 4 is 39.1 Å². The summed E-state index contributed by atoms with van der Waals surface area (Å²) in [5, 5.41) is 2.96. The van der Waals surface area contributed by atoms with E-state index < -0.39 is 21.8 Å². The Labute approximate surface area is 150 Å². The molecule has 132 valence electrons. The topological polar surface area (TPSA) is 104 Å². The molecule has 0 saturated carbocycles. The Hall–Kier alpha value is -2.42. The molecule has 0 radical (unpaired) electrons. The third kappa shape index (κ3) is 5.86. The van der Waals surface area contributed by atoms with Gasteiger partial charge in [-0.15, -0.1) is 4.83 Å². The van der Waals surface area contributed by atoms with E-state index in [2.05, 4.69) is 10.7 Å². The van der Waals surface area contributed by atoms with Gasteiger partial charge in [0.25, 0.3) is 10.0 Å². The van der Waals surface area contributed by atoms with Gasteiger partial charge in [-0.25, -0.2) is 8.42 Å². The Balaban J connectivity index is 1.79. The Morgan fingerprint density at radius 2 is 1.48 bits per heavy atom. The zero-order valence-electron chi connectivity index (χ0n) is 13.0. The predicted molar refractivity (Wildman–Crippen MR) is 94.2 cm³/mol. The molecular weight excluding hydrogens is 366 g/mol. The molecule has 25 heavy (non-hydrogen) atoms. The lowest BCUT2D eigenvalue weighted by atomic mass is 10.2. The summed E-state index contributed by atoms with van der Waals surface area (Å²) in [6.07, 6.45) is -0.308. The van der Waals surface area contributed by atoms with Crippen LogP contribution in [0.4, 0.5) is 5.69 Å². The number of carbonyl (C=O) groups excluding carboxylic acids is 2. The van der Waals surface area contributed by atoms with Gasteiger partial charge in [0.05, 0.1) is 15.6 Å². The summed E-state index contributed by atoms with van der Waals surface area (Å²) in [6, 6.07) is 14.3. The molecule has 2 amide bonds. The van der Waals surface area contributed by atoms with E-state index >= 15 is 0 Å². The molecule has 0 aliphatic rings. The number of sulfonamides is 1. The van der Waals surface area contributed by atoms with Gasteiger partial charge in [0.2, 0.25) is 11.8 Å². The quantitative estimate of drug-likeness (QED) is 0.638. The Morgan fingerprint density at radius 1 is 0.880 bits per heavy atom. The maximum Gasteiger partial charge on any atom is 0.257 e. The first-order valence-electron chi connectivity index (χ1n) is 7.28. The molecule has 0 spiro atoms. The molecule has 9 heteroatoms. The number of hydrazine groups is 1. The highest BCUT2D eigenvalue weighted by Crippen LogP contribution is 2.20. The standard InChI is InChI=1S/C16H16ClN3O4S/c17-13-8-4-5-9-14(13)18-15(21)10-11-16(22)19-20-25(23,24)12-6-2-1-3-7-12/h1-9,20H,10-11H2,(H,18,21)(H,19,22). The van der Waals surface area contributed by atoms with E-state index in [1.54, 1.807) is 42.5 Å². The van der Waals surface area contributed by atoms with Crippen LogP contribution in [0.15, 0.2) is 59.5 Å². The van der Waals surface area contributed by atoms with Crippen LogP contribution in [0.25, 0.3) is 0 Å². The van der Waals surface area contributed by atoms with Gasteiger partial charge >= 0.3 is 0 Å². The van der Waals surface area contributed by atoms with Crippen LogP contribution in [-0.4, -0.2) is 20.2 Å². The lowest BCUT2D eigenvalue weighted by molar-refractivity contribution is -0.124. The largest absolute Gasteiger partial charge is 0.325 e. The van der Waals surface area contributed by atoms with Crippen molar-refractivity contribution in [2.24, 2.45) is 0 Å². The highest BCUT2D eigenvalue weighted by Gasteiger charge is 2.15. The van der Waals surface area contributed by atoms with Crippen molar-refractivity contribution < 1.29 is 18.0 Å². The Kier molecular flexibility index (Phi) is 6.51. The molecule has 2 rings (SSSR count). The fraction of sp³-hybridized carbons (Fsp3) is 0.125. The number of anilines is 1. The van der Waals surface area contributed by atoms with Crippen molar-refractivity contribution in [3.63, 3.8) is 0 Å². The highest BCUT2D eigenvalue weighted by atomic mass is 35.5. The van der Waals surface area contributed by atoms with E-state index in [0.29, 0.717) is 10.7 Å². The molecule has 0 aliphatic heterocycles. The summed E-state index contributed by atoms with van der Waals surface area (Å²) in [5.41, 5.74) is 2.51. The van der Waals surface area contributed by atoms with Crippen LogP contribution >= 0.6 is 11.6 Å². The van der Waals surface area contributed by atoms with Crippen LogP contribution in [0.5, 0.6) is 0 Å². The van der Waals surface area contributed by atoms with E-state index in [0.717, 1.165) is 0 Å². The second-order valence-corrected chi connectivity index (χ2v) is 7.08. The summed E-state index contributed by atoms with van der Waals surface area (Å²) >= 11 is 5.92. The van der Waals surface area contributed by atoms with E-state index in [4.69, 9.17) is 11.6 Å². The van der Waals surface area contributed by atoms with Crippen LogP contribution in [0, 0.1) is 0 Å². The van der Waals surface area contributed by atoms with Gasteiger partial charge in [0.15, 0.2) is 0 Å². The van der Waals surface area contributed by atoms with E-state index in [-0.39, 0.29) is 17.7 Å². The number of halogens is 1. The molecular formula is C16H16ClN3O4S. The average Bonchev–Trinajstić information content (AvgIpc) is 2.61. The number of hydrogen-bond donors (Lipinski definition) is 3. The van der Waals surface area contributed by atoms with Gasteiger partial charge < -0.3 is 5.32 Å². The lowest BCUT2D eigenvalue weighted by Crippen LogP contribution is -2.41. The average molecular weight is 382 g/mol. The minimum atomic E-state index is -3.85. The normalized spacial score (nSPS) is 10.9. The van der Waals surface area contributed by atoms with Crippen molar-refractivity contribution in [2.45, 2.75) is 17.7 Å². The maximum atomic E-state index is 11.9. The number of hydrogen-bond acceptors (Lipinski definition) is 4. The minimum absolute atomic E-state index is 0.0202. The van der Waals surface area contributed by atoms with Crippen molar-refractivity contribution in [1.29, 1.82) is 0 Å². The third-order valence-corrected chi connectivity index (χ3v) is 4.70. The summed E-state index contributed by atoms with van der Waals surface area (Å²) in [4.78, 5) is 25.5. The first kappa shape index (κ1) is 18.9. The Bertz CT molecular complexity index is 857. The second kappa shape index (κ2) is 8.61. The van der Waals surface area contributed by atoms with Gasteiger partial charge in [-0.1, -0.05) is 41.9 Å². The zero-order valence-corrected chi connectivity index (χ0v) is 14.6. The minimum Gasteiger partial charge on any atom is -0.325 e. The fourth-order valence-corrected chi connectivity index (χ4v) is 2.91. The predicted octanol–water partition coefficient (Wildman–Crippen LogP) is 2.07. The van der Waals surface area contributed by atoms with Crippen LogP contribution in [0.2, 0.25) is 5.02 Å². The van der Waals surface area contributed by atoms with Crippen LogP contribution in [0.3, 0.4) is 0 Å². The summed E-state index contributed by atoms with van der Waals surface area (Å²) in [6.45, 7) is 0. The monoisotopic (exact) mass is 381 g/mol. The van der Waals surface area contributed by atoms with Gasteiger partial charge in [-0.3, -0.25) is 15.0 Å². The van der Waals surface area contributed by atoms with Crippen LogP contribution in [0.1, 0.15) is 12.8 Å². The Morgan fingerprint density at radius 3 is 2.16 bits per heavy atom. The molecule has 0 bridgehead atoms. The van der Waals surface area contributed by atoms with Gasteiger partial charge in [-0.05, 0) is 24.3 Å². The summed E-state index contributed by atoms with van der Waals surface area (Å²) < 4.78 is 23.9. The molecule has 0 atom stereocenters. The van der Waals surface area contributed by atoms with Gasteiger partial charge in [-0.2, -0.15) is 0 Å². The molecule has 3 N–H and O–H groups in total. The first-order valence-corrected chi connectivity index (χ1v) is 9.15. The van der Waals surface area contributed by atoms with Crippen molar-refractivity contribution in [3.8, 4) is 0 Å². The molecule has 0 unspecified atom stereocenters. The zero-order chi connectivity index (χ0) is 18.3. The number of benzene rings is 2. The number of rotatable bonds is 7. The van der Waals surface area contributed by atoms with E-state index in [1.807, 2.05) is 4.83 Å². The molecule has 0 fully saturated rings. The van der Waals surface area contributed by atoms with Crippen molar-refractivity contribution in [2.75, 3.05) is 5.32 Å². The van der Waals surface area contributed by atoms with Crippen molar-refractivity contribution in [1.82, 2.24) is 10.3 Å². The smallest absolute Gasteiger partial charge is 0.257 e. The highest BCUT2D eigenvalue weighted by molar-refractivity contribution is 7.89. The molecule has 0 saturated heterocycles. The van der Waals surface area contributed by atoms with E-state index in [9.17, 15) is 18.0 Å². The first-order chi connectivity index (χ1) is 11.9. The molecule has 2 aromatic carbocycles. The maximum absolute atomic E-state index is 11.9. The molecule has 0 heterocycles. The molecule has 7 nitrogen and oxygen atoms in total. The molecule has 0 aliphatic carbocycles. The second-order valence-electron chi connectivity index (χ2n) is 4.99. The third-order valence-electron chi connectivity index (χ3n) is 3.11. The fourth-order valence-electron chi connectivity index (χ4n) is 1.85. The van der Waals surface area contributed by atoms with Crippen LogP contribution < -0.4 is 15.6 Å². The van der Waals surface area contributed by atoms with Gasteiger partial charge in [0, 0.05) is 12.8 Å². The van der Waals surface area contributed by atoms with Crippen LogP contribution in [-0.2, 0) is 19.6 Å². The van der Waals surface area contributed by atoms with E-state index in [1.165, 1.54) is 12.1 Å². The molecule has 2 aromatic rings. The van der Waals surface area contributed by atoms with Crippen molar-refractivity contribution in [3.05, 3.63) is 59.6 Å². The SMILES string of the molecule is O=C(CCC(=O)Nc1ccccc1Cl)NNS(=O)(=O)c1ccccc1. The van der Waals surface area contributed by atoms with Gasteiger partial charge in [0.1, 0.15) is 0 Å². The number of amides is 2. The molecule has 0 aromatic heterocycles.